The van der Waals surface area contributed by atoms with Gasteiger partial charge in [-0.05, 0) is 66.8 Å². The van der Waals surface area contributed by atoms with E-state index in [-0.39, 0.29) is 12.1 Å². The first kappa shape index (κ1) is 26.3. The van der Waals surface area contributed by atoms with Gasteiger partial charge >= 0.3 is 0 Å². The molecule has 2 aromatic carbocycles. The average molecular weight is 589 g/mol. The zero-order chi connectivity index (χ0) is 27.0. The highest BCUT2D eigenvalue weighted by Gasteiger charge is 2.42. The van der Waals surface area contributed by atoms with Crippen LogP contribution in [0.15, 0.2) is 79.1 Å². The molecule has 8 nitrogen and oxygen atoms in total. The fraction of sp³-hybridized carbons (Fsp3) is 0.154. The Morgan fingerprint density at radius 1 is 1.08 bits per heavy atom. The van der Waals surface area contributed by atoms with Gasteiger partial charge in [0.2, 0.25) is 10.0 Å². The fourth-order valence-corrected chi connectivity index (χ4v) is 5.99. The van der Waals surface area contributed by atoms with E-state index in [1.165, 1.54) is 7.11 Å². The molecule has 196 valence electrons. The van der Waals surface area contributed by atoms with Crippen LogP contribution in [0.2, 0.25) is 10.0 Å². The van der Waals surface area contributed by atoms with E-state index in [1.54, 1.807) is 36.5 Å². The van der Waals surface area contributed by atoms with Crippen molar-refractivity contribution in [2.75, 3.05) is 23.0 Å². The summed E-state index contributed by atoms with van der Waals surface area (Å²) in [4.78, 5) is 6.57. The summed E-state index contributed by atoms with van der Waals surface area (Å²) in [6, 6.07) is 19.6. The van der Waals surface area contributed by atoms with Crippen molar-refractivity contribution in [1.29, 1.82) is 0 Å². The van der Waals surface area contributed by atoms with E-state index in [0.29, 0.717) is 32.3 Å². The van der Waals surface area contributed by atoms with Crippen molar-refractivity contribution >= 4 is 61.9 Å². The normalized spacial score (nSPS) is 17.4. The molecule has 38 heavy (non-hydrogen) atoms. The Morgan fingerprint density at radius 2 is 1.89 bits per heavy atom. The van der Waals surface area contributed by atoms with Gasteiger partial charge in [0, 0.05) is 34.9 Å². The van der Waals surface area contributed by atoms with Crippen molar-refractivity contribution in [3.8, 4) is 11.4 Å². The van der Waals surface area contributed by atoms with Crippen LogP contribution < -0.4 is 19.7 Å². The molecule has 4 aromatic rings. The predicted octanol–water partition coefficient (Wildman–Crippen LogP) is 5.74. The molecular weight excluding hydrogens is 565 g/mol. The van der Waals surface area contributed by atoms with Crippen molar-refractivity contribution in [1.82, 2.24) is 14.9 Å². The largest absolute Gasteiger partial charge is 0.494 e. The molecular formula is C26H23Cl2N5O3S2. The third kappa shape index (κ3) is 5.17. The number of thiocarbonyl (C=S) groups is 1. The highest BCUT2D eigenvalue weighted by Crippen LogP contribution is 2.44. The second-order valence-corrected chi connectivity index (χ2v) is 11.6. The summed E-state index contributed by atoms with van der Waals surface area (Å²) in [6.07, 6.45) is 4.76. The van der Waals surface area contributed by atoms with Crippen LogP contribution in [0.5, 0.6) is 5.75 Å². The Bertz CT molecular complexity index is 1610. The Morgan fingerprint density at radius 3 is 2.58 bits per heavy atom. The summed E-state index contributed by atoms with van der Waals surface area (Å²) in [6.45, 7) is 0. The number of aromatic nitrogens is 2. The van der Waals surface area contributed by atoms with E-state index in [4.69, 9.17) is 40.2 Å². The molecule has 0 spiro atoms. The molecule has 0 unspecified atom stereocenters. The first-order valence-corrected chi connectivity index (χ1v) is 14.5. The summed E-state index contributed by atoms with van der Waals surface area (Å²) in [5, 5.41) is 4.95. The van der Waals surface area contributed by atoms with Crippen LogP contribution in [0.4, 0.5) is 11.4 Å². The number of sulfonamides is 1. The van der Waals surface area contributed by atoms with Crippen LogP contribution >= 0.6 is 35.4 Å². The monoisotopic (exact) mass is 587 g/mol. The third-order valence-electron chi connectivity index (χ3n) is 6.11. The number of methoxy groups -OCH3 is 1. The van der Waals surface area contributed by atoms with Gasteiger partial charge in [-0.15, -0.1) is 0 Å². The van der Waals surface area contributed by atoms with Gasteiger partial charge < -0.3 is 19.5 Å². The lowest BCUT2D eigenvalue weighted by molar-refractivity contribution is 0.417. The van der Waals surface area contributed by atoms with E-state index < -0.39 is 10.0 Å². The predicted molar refractivity (Wildman–Crippen MR) is 155 cm³/mol. The van der Waals surface area contributed by atoms with Gasteiger partial charge in [-0.25, -0.2) is 8.42 Å². The van der Waals surface area contributed by atoms with Crippen LogP contribution in [0.3, 0.4) is 0 Å². The number of halogens is 2. The lowest BCUT2D eigenvalue weighted by Gasteiger charge is -2.29. The van der Waals surface area contributed by atoms with Gasteiger partial charge in [-0.1, -0.05) is 29.3 Å². The highest BCUT2D eigenvalue weighted by molar-refractivity contribution is 7.92. The number of anilines is 2. The summed E-state index contributed by atoms with van der Waals surface area (Å²) in [5.41, 5.74) is 3.50. The van der Waals surface area contributed by atoms with Gasteiger partial charge in [0.05, 0.1) is 41.5 Å². The Kier molecular flexibility index (Phi) is 7.23. The van der Waals surface area contributed by atoms with Gasteiger partial charge in [0.25, 0.3) is 0 Å². The lowest BCUT2D eigenvalue weighted by Crippen LogP contribution is -2.30. The third-order valence-corrected chi connectivity index (χ3v) is 7.55. The van der Waals surface area contributed by atoms with Crippen molar-refractivity contribution in [3.05, 3.63) is 101 Å². The van der Waals surface area contributed by atoms with Crippen molar-refractivity contribution in [3.63, 3.8) is 0 Å². The Labute approximate surface area is 236 Å². The molecule has 1 aliphatic heterocycles. The molecule has 3 heterocycles. The summed E-state index contributed by atoms with van der Waals surface area (Å²) in [7, 11) is -2.02. The zero-order valence-electron chi connectivity index (χ0n) is 20.3. The number of hydrogen-bond acceptors (Lipinski definition) is 5. The topological polar surface area (TPSA) is 88.5 Å². The maximum Gasteiger partial charge on any atom is 0.229 e. The average Bonchev–Trinajstić information content (AvgIpc) is 3.48. The molecule has 2 aromatic heterocycles. The van der Waals surface area contributed by atoms with Gasteiger partial charge in [0.15, 0.2) is 5.11 Å². The molecule has 1 aliphatic rings. The van der Waals surface area contributed by atoms with E-state index in [2.05, 4.69) is 15.0 Å². The smallest absolute Gasteiger partial charge is 0.229 e. The van der Waals surface area contributed by atoms with E-state index in [9.17, 15) is 8.42 Å². The highest BCUT2D eigenvalue weighted by atomic mass is 35.5. The standard InChI is InChI=1S/C26H23Cl2N5O3S2/c1-36-23-15-17(9-10-19(23)31-38(2,34)35)33-25(24(30-26(33)37)20-6-3-4-12-29-20)22-7-5-13-32(22)21-11-8-16(27)14-18(21)28/h3-15,24-25,31H,1-2H3,(H,30,37)/t24-,25-/m0/s1. The van der Waals surface area contributed by atoms with Gasteiger partial charge in [-0.2, -0.15) is 0 Å². The SMILES string of the molecule is COc1cc(N2C(=S)N[C@@H](c3ccccn3)[C@@H]2c2cccn2-c2ccc(Cl)cc2Cl)ccc1NS(C)(=O)=O. The van der Waals surface area contributed by atoms with Crippen molar-refractivity contribution in [2.45, 2.75) is 12.1 Å². The number of rotatable bonds is 7. The number of ether oxygens (including phenoxy) is 1. The lowest BCUT2D eigenvalue weighted by atomic mass is 10.0. The first-order chi connectivity index (χ1) is 18.2. The maximum atomic E-state index is 11.9. The fourth-order valence-electron chi connectivity index (χ4n) is 4.58. The maximum absolute atomic E-state index is 11.9. The Hall–Kier alpha value is -3.31. The van der Waals surface area contributed by atoms with E-state index >= 15 is 0 Å². The van der Waals surface area contributed by atoms with Crippen LogP contribution in [0.25, 0.3) is 5.69 Å². The molecule has 12 heteroatoms. The molecule has 0 aliphatic carbocycles. The van der Waals surface area contributed by atoms with Crippen molar-refractivity contribution in [2.24, 2.45) is 0 Å². The summed E-state index contributed by atoms with van der Waals surface area (Å²) < 4.78 is 33.7. The molecule has 1 saturated heterocycles. The molecule has 0 radical (unpaired) electrons. The van der Waals surface area contributed by atoms with Crippen LogP contribution in [-0.2, 0) is 10.0 Å². The molecule has 0 bridgehead atoms. The minimum absolute atomic E-state index is 0.303. The zero-order valence-corrected chi connectivity index (χ0v) is 23.4. The number of benzene rings is 2. The molecule has 0 amide bonds. The van der Waals surface area contributed by atoms with Crippen LogP contribution in [0.1, 0.15) is 23.5 Å². The minimum Gasteiger partial charge on any atom is -0.494 e. The second-order valence-electron chi connectivity index (χ2n) is 8.65. The van der Waals surface area contributed by atoms with E-state index in [0.717, 1.165) is 23.3 Å². The molecule has 5 rings (SSSR count). The van der Waals surface area contributed by atoms with Gasteiger partial charge in [-0.3, -0.25) is 9.71 Å². The van der Waals surface area contributed by atoms with Crippen LogP contribution in [0, 0.1) is 0 Å². The van der Waals surface area contributed by atoms with E-state index in [1.807, 2.05) is 52.1 Å². The van der Waals surface area contributed by atoms with Crippen molar-refractivity contribution < 1.29 is 13.2 Å². The molecule has 1 fully saturated rings. The number of pyridine rings is 1. The molecule has 2 atom stereocenters. The first-order valence-electron chi connectivity index (χ1n) is 11.5. The minimum atomic E-state index is -3.50. The number of nitrogens with zero attached hydrogens (tertiary/aromatic N) is 3. The summed E-state index contributed by atoms with van der Waals surface area (Å²) in [5.74, 6) is 0.354. The Balaban J connectivity index is 1.66. The number of nitrogens with one attached hydrogen (secondary N) is 2. The van der Waals surface area contributed by atoms with Gasteiger partial charge in [0.1, 0.15) is 11.8 Å². The molecule has 2 N–H and O–H groups in total. The molecule has 0 saturated carbocycles. The quantitative estimate of drug-likeness (QED) is 0.267. The summed E-state index contributed by atoms with van der Waals surface area (Å²) >= 11 is 18.6. The number of hydrogen-bond donors (Lipinski definition) is 2. The second kappa shape index (κ2) is 10.5. The van der Waals surface area contributed by atoms with Crippen LogP contribution in [-0.4, -0.2) is 36.4 Å².